The molecule has 1 fully saturated rings. The molecule has 0 spiro atoms. The van der Waals surface area contributed by atoms with Gasteiger partial charge in [0.1, 0.15) is 0 Å². The topological polar surface area (TPSA) is 44.7 Å². The summed E-state index contributed by atoms with van der Waals surface area (Å²) in [5.74, 6) is 0.724. The van der Waals surface area contributed by atoms with Crippen molar-refractivity contribution in [3.05, 3.63) is 18.2 Å². The van der Waals surface area contributed by atoms with Crippen LogP contribution >= 0.6 is 0 Å². The summed E-state index contributed by atoms with van der Waals surface area (Å²) in [4.78, 5) is 2.25. The molecule has 1 heterocycles. The van der Waals surface area contributed by atoms with E-state index in [0.717, 1.165) is 31.9 Å². The number of benzene rings is 1. The molecule has 0 bridgehead atoms. The van der Waals surface area contributed by atoms with Crippen molar-refractivity contribution in [1.82, 2.24) is 5.32 Å². The molecule has 0 amide bonds. The van der Waals surface area contributed by atoms with Crippen LogP contribution in [0.15, 0.2) is 18.2 Å². The second-order valence-corrected chi connectivity index (χ2v) is 3.59. The molecule has 4 heteroatoms. The number of anilines is 1. The van der Waals surface area contributed by atoms with Gasteiger partial charge in [-0.15, -0.1) is 0 Å². The lowest BCUT2D eigenvalue weighted by Gasteiger charge is -2.29. The summed E-state index contributed by atoms with van der Waals surface area (Å²) >= 11 is 0. The highest BCUT2D eigenvalue weighted by molar-refractivity contribution is 5.56. The van der Waals surface area contributed by atoms with Gasteiger partial charge in [0.15, 0.2) is 11.5 Å². The first-order valence-corrected chi connectivity index (χ1v) is 5.14. The van der Waals surface area contributed by atoms with Gasteiger partial charge in [-0.1, -0.05) is 0 Å². The molecule has 0 aliphatic carbocycles. The molecule has 82 valence electrons. The van der Waals surface area contributed by atoms with Crippen molar-refractivity contribution in [1.29, 1.82) is 0 Å². The molecule has 1 aliphatic rings. The highest BCUT2D eigenvalue weighted by Crippen LogP contribution is 2.30. The van der Waals surface area contributed by atoms with Crippen molar-refractivity contribution in [2.24, 2.45) is 0 Å². The Hall–Kier alpha value is -1.42. The number of ether oxygens (including phenoxy) is 1. The Morgan fingerprint density at radius 3 is 2.67 bits per heavy atom. The number of hydrogen-bond acceptors (Lipinski definition) is 4. The Bertz CT molecular complexity index is 335. The quantitative estimate of drug-likeness (QED) is 0.755. The monoisotopic (exact) mass is 208 g/mol. The summed E-state index contributed by atoms with van der Waals surface area (Å²) < 4.78 is 5.01. The number of nitrogens with one attached hydrogen (secondary N) is 1. The second kappa shape index (κ2) is 4.40. The highest BCUT2D eigenvalue weighted by Gasteiger charge is 2.12. The summed E-state index contributed by atoms with van der Waals surface area (Å²) in [5.41, 5.74) is 1.05. The summed E-state index contributed by atoms with van der Waals surface area (Å²) in [6.07, 6.45) is 0. The Kier molecular flexibility index (Phi) is 2.97. The Labute approximate surface area is 89.5 Å². The molecule has 1 aromatic rings. The summed E-state index contributed by atoms with van der Waals surface area (Å²) in [6, 6.07) is 5.53. The van der Waals surface area contributed by atoms with E-state index in [-0.39, 0.29) is 5.75 Å². The summed E-state index contributed by atoms with van der Waals surface area (Å²) in [6.45, 7) is 3.94. The molecule has 1 aliphatic heterocycles. The molecule has 4 nitrogen and oxygen atoms in total. The van der Waals surface area contributed by atoms with E-state index in [0.29, 0.717) is 5.75 Å². The summed E-state index contributed by atoms with van der Waals surface area (Å²) in [7, 11) is 1.56. The Balaban J connectivity index is 2.17. The maximum atomic E-state index is 9.65. The van der Waals surface area contributed by atoms with E-state index in [4.69, 9.17) is 4.74 Å². The molecule has 0 radical (unpaired) electrons. The van der Waals surface area contributed by atoms with Gasteiger partial charge in [0.25, 0.3) is 0 Å². The van der Waals surface area contributed by atoms with Crippen LogP contribution in [0.4, 0.5) is 5.69 Å². The zero-order valence-electron chi connectivity index (χ0n) is 8.86. The predicted molar refractivity (Wildman–Crippen MR) is 59.7 cm³/mol. The third-order valence-electron chi connectivity index (χ3n) is 2.64. The van der Waals surface area contributed by atoms with Crippen LogP contribution in [0.1, 0.15) is 0 Å². The molecule has 1 saturated heterocycles. The van der Waals surface area contributed by atoms with E-state index < -0.39 is 0 Å². The maximum Gasteiger partial charge on any atom is 0.160 e. The fraction of sp³-hybridized carbons (Fsp3) is 0.455. The van der Waals surface area contributed by atoms with Crippen LogP contribution in [0.2, 0.25) is 0 Å². The predicted octanol–water partition coefficient (Wildman–Crippen LogP) is 0.810. The number of nitrogens with zero attached hydrogens (tertiary/aromatic N) is 1. The third kappa shape index (κ3) is 2.15. The zero-order valence-corrected chi connectivity index (χ0v) is 8.86. The van der Waals surface area contributed by atoms with E-state index in [2.05, 4.69) is 10.2 Å². The van der Waals surface area contributed by atoms with Crippen LogP contribution in [0, 0.1) is 0 Å². The average molecular weight is 208 g/mol. The fourth-order valence-corrected chi connectivity index (χ4v) is 1.80. The molecule has 1 aromatic carbocycles. The Morgan fingerprint density at radius 1 is 1.33 bits per heavy atom. The third-order valence-corrected chi connectivity index (χ3v) is 2.64. The van der Waals surface area contributed by atoms with Gasteiger partial charge >= 0.3 is 0 Å². The minimum absolute atomic E-state index is 0.202. The van der Waals surface area contributed by atoms with E-state index in [9.17, 15) is 5.11 Å². The number of hydrogen-bond donors (Lipinski definition) is 2. The smallest absolute Gasteiger partial charge is 0.160 e. The number of piperazine rings is 1. The van der Waals surface area contributed by atoms with Crippen molar-refractivity contribution in [3.63, 3.8) is 0 Å². The van der Waals surface area contributed by atoms with Gasteiger partial charge < -0.3 is 20.1 Å². The van der Waals surface area contributed by atoms with Crippen LogP contribution < -0.4 is 15.0 Å². The largest absolute Gasteiger partial charge is 0.504 e. The maximum absolute atomic E-state index is 9.65. The van der Waals surface area contributed by atoms with Crippen molar-refractivity contribution in [3.8, 4) is 11.5 Å². The zero-order chi connectivity index (χ0) is 10.7. The van der Waals surface area contributed by atoms with Crippen molar-refractivity contribution < 1.29 is 9.84 Å². The highest BCUT2D eigenvalue weighted by atomic mass is 16.5. The van der Waals surface area contributed by atoms with E-state index >= 15 is 0 Å². The van der Waals surface area contributed by atoms with Gasteiger partial charge in [0.2, 0.25) is 0 Å². The van der Waals surface area contributed by atoms with Crippen LogP contribution in [-0.4, -0.2) is 38.4 Å². The fourth-order valence-electron chi connectivity index (χ4n) is 1.80. The number of methoxy groups -OCH3 is 1. The molecule has 2 rings (SSSR count). The van der Waals surface area contributed by atoms with E-state index in [1.807, 2.05) is 6.07 Å². The number of phenols is 1. The van der Waals surface area contributed by atoms with Gasteiger partial charge in [-0.3, -0.25) is 0 Å². The first kappa shape index (κ1) is 10.1. The summed E-state index contributed by atoms with van der Waals surface area (Å²) in [5, 5.41) is 12.9. The SMILES string of the molecule is COc1ccc(N2CCNCC2)cc1O. The molecule has 15 heavy (non-hydrogen) atoms. The molecule has 2 N–H and O–H groups in total. The van der Waals surface area contributed by atoms with Gasteiger partial charge in [0, 0.05) is 37.9 Å². The molecule has 0 atom stereocenters. The molecule has 0 unspecified atom stereocenters. The second-order valence-electron chi connectivity index (χ2n) is 3.59. The molecular formula is C11H16N2O2. The lowest BCUT2D eigenvalue weighted by Crippen LogP contribution is -2.43. The van der Waals surface area contributed by atoms with Gasteiger partial charge in [-0.2, -0.15) is 0 Å². The van der Waals surface area contributed by atoms with Crippen LogP contribution in [0.25, 0.3) is 0 Å². The van der Waals surface area contributed by atoms with Gasteiger partial charge in [0.05, 0.1) is 7.11 Å². The number of rotatable bonds is 2. The van der Waals surface area contributed by atoms with Crippen molar-refractivity contribution >= 4 is 5.69 Å². The minimum atomic E-state index is 0.202. The first-order valence-electron chi connectivity index (χ1n) is 5.14. The van der Waals surface area contributed by atoms with Crippen LogP contribution in [0.5, 0.6) is 11.5 Å². The normalized spacial score (nSPS) is 16.5. The lowest BCUT2D eigenvalue weighted by molar-refractivity contribution is 0.373. The molecular weight excluding hydrogens is 192 g/mol. The first-order chi connectivity index (χ1) is 7.31. The lowest BCUT2D eigenvalue weighted by atomic mass is 10.2. The Morgan fingerprint density at radius 2 is 2.07 bits per heavy atom. The standard InChI is InChI=1S/C11H16N2O2/c1-15-11-3-2-9(8-10(11)14)13-6-4-12-5-7-13/h2-3,8,12,14H,4-7H2,1H3. The van der Waals surface area contributed by atoms with Crippen LogP contribution in [-0.2, 0) is 0 Å². The molecule has 0 aromatic heterocycles. The van der Waals surface area contributed by atoms with E-state index in [1.54, 1.807) is 19.2 Å². The molecule has 0 saturated carbocycles. The number of aromatic hydroxyl groups is 1. The number of phenolic OH excluding ortho intramolecular Hbond substituents is 1. The average Bonchev–Trinajstić information content (AvgIpc) is 2.30. The van der Waals surface area contributed by atoms with E-state index in [1.165, 1.54) is 0 Å². The van der Waals surface area contributed by atoms with Gasteiger partial charge in [-0.25, -0.2) is 0 Å². The van der Waals surface area contributed by atoms with Crippen molar-refractivity contribution in [2.45, 2.75) is 0 Å². The van der Waals surface area contributed by atoms with Crippen molar-refractivity contribution in [2.75, 3.05) is 38.2 Å². The van der Waals surface area contributed by atoms with Crippen LogP contribution in [0.3, 0.4) is 0 Å². The minimum Gasteiger partial charge on any atom is -0.504 e. The van der Waals surface area contributed by atoms with Gasteiger partial charge in [-0.05, 0) is 12.1 Å².